The molecule has 0 fully saturated rings. The molecule has 0 amide bonds. The first kappa shape index (κ1) is 29.9. The smallest absolute Gasteiger partial charge is 0.282 e. The molecule has 11 heteroatoms. The average molecular weight is 596 g/mol. The van der Waals surface area contributed by atoms with Gasteiger partial charge in [0.25, 0.3) is 6.43 Å². The van der Waals surface area contributed by atoms with Crippen LogP contribution in [-0.2, 0) is 24.2 Å². The van der Waals surface area contributed by atoms with E-state index in [0.29, 0.717) is 23.2 Å². The lowest BCUT2D eigenvalue weighted by Crippen LogP contribution is -2.22. The van der Waals surface area contributed by atoms with Gasteiger partial charge in [0.05, 0.1) is 11.3 Å². The fraction of sp³-hybridized carbons (Fsp3) is 0.281. The van der Waals surface area contributed by atoms with Gasteiger partial charge in [0.2, 0.25) is 0 Å². The highest BCUT2D eigenvalue weighted by Crippen LogP contribution is 2.35. The van der Waals surface area contributed by atoms with E-state index in [9.17, 15) is 36.3 Å². The minimum atomic E-state index is -2.92. The minimum Gasteiger partial charge on any atom is -0.298 e. The first-order valence-electron chi connectivity index (χ1n) is 13.6. The van der Waals surface area contributed by atoms with Crippen LogP contribution in [0.5, 0.6) is 0 Å². The number of rotatable bonds is 10. The number of hydrogen-bond donors (Lipinski definition) is 0. The van der Waals surface area contributed by atoms with Crippen LogP contribution in [0.3, 0.4) is 0 Å². The van der Waals surface area contributed by atoms with E-state index in [-0.39, 0.29) is 53.9 Å². The van der Waals surface area contributed by atoms with Crippen LogP contribution in [0.2, 0.25) is 0 Å². The Morgan fingerprint density at radius 1 is 0.977 bits per heavy atom. The van der Waals surface area contributed by atoms with Crippen LogP contribution < -0.4 is 0 Å². The summed E-state index contributed by atoms with van der Waals surface area (Å²) < 4.78 is 70.9. The molecule has 2 heterocycles. The summed E-state index contributed by atoms with van der Waals surface area (Å²) >= 11 is 0. The van der Waals surface area contributed by atoms with Crippen molar-refractivity contribution in [3.05, 3.63) is 106 Å². The van der Waals surface area contributed by atoms with Gasteiger partial charge in [-0.05, 0) is 67.6 Å². The van der Waals surface area contributed by atoms with Crippen molar-refractivity contribution >= 4 is 17.3 Å². The molecule has 0 aliphatic heterocycles. The molecule has 1 aliphatic carbocycles. The molecule has 0 saturated heterocycles. The fourth-order valence-corrected chi connectivity index (χ4v) is 5.64. The molecule has 222 valence electrons. The molecule has 1 aliphatic rings. The first-order chi connectivity index (χ1) is 20.5. The number of ketones is 3. The second-order valence-corrected chi connectivity index (χ2v) is 10.6. The Morgan fingerprint density at radius 3 is 2.42 bits per heavy atom. The van der Waals surface area contributed by atoms with E-state index in [1.165, 1.54) is 25.3 Å². The minimum absolute atomic E-state index is 0.000232. The zero-order valence-electron chi connectivity index (χ0n) is 23.0. The average Bonchev–Trinajstić information content (AvgIpc) is 3.32. The maximum Gasteiger partial charge on any atom is 0.282 e. The van der Waals surface area contributed by atoms with Crippen molar-refractivity contribution in [3.8, 4) is 11.1 Å². The molecule has 0 bridgehead atoms. The van der Waals surface area contributed by atoms with Crippen molar-refractivity contribution in [1.82, 2.24) is 14.8 Å². The normalized spacial score (nSPS) is 13.7. The third-order valence-corrected chi connectivity index (χ3v) is 7.47. The molecule has 0 radical (unpaired) electrons. The van der Waals surface area contributed by atoms with Crippen LogP contribution in [0.15, 0.2) is 54.7 Å². The van der Waals surface area contributed by atoms with E-state index in [4.69, 9.17) is 0 Å². The van der Waals surface area contributed by atoms with Crippen LogP contribution >= 0.6 is 0 Å². The van der Waals surface area contributed by atoms with E-state index >= 15 is 0 Å². The van der Waals surface area contributed by atoms with Gasteiger partial charge in [-0.3, -0.25) is 24.0 Å². The zero-order valence-corrected chi connectivity index (χ0v) is 23.0. The topological polar surface area (TPSA) is 81.9 Å². The number of carbonyl (C=O) groups excluding carboxylic acids is 3. The largest absolute Gasteiger partial charge is 0.298 e. The molecule has 5 rings (SSSR count). The molecule has 2 aromatic heterocycles. The molecular formula is C32H26F5N3O3. The third kappa shape index (κ3) is 6.45. The monoisotopic (exact) mass is 595 g/mol. The second-order valence-electron chi connectivity index (χ2n) is 10.6. The molecule has 2 aromatic carbocycles. The van der Waals surface area contributed by atoms with Gasteiger partial charge in [0.15, 0.2) is 17.3 Å². The molecular weight excluding hydrogens is 569 g/mol. The van der Waals surface area contributed by atoms with E-state index in [0.717, 1.165) is 28.9 Å². The van der Waals surface area contributed by atoms with Crippen molar-refractivity contribution in [1.29, 1.82) is 0 Å². The van der Waals surface area contributed by atoms with Crippen molar-refractivity contribution in [2.24, 2.45) is 0 Å². The highest BCUT2D eigenvalue weighted by atomic mass is 19.3. The number of alkyl halides is 2. The van der Waals surface area contributed by atoms with E-state index in [1.807, 2.05) is 0 Å². The Labute approximate surface area is 243 Å². The van der Waals surface area contributed by atoms with Gasteiger partial charge in [0.1, 0.15) is 35.4 Å². The van der Waals surface area contributed by atoms with Gasteiger partial charge in [-0.15, -0.1) is 0 Å². The highest BCUT2D eigenvalue weighted by molar-refractivity contribution is 5.98. The number of aromatic nitrogens is 3. The quantitative estimate of drug-likeness (QED) is 0.146. The van der Waals surface area contributed by atoms with Crippen LogP contribution in [0.1, 0.15) is 81.9 Å². The summed E-state index contributed by atoms with van der Waals surface area (Å²) in [4.78, 5) is 42.6. The highest BCUT2D eigenvalue weighted by Gasteiger charge is 2.31. The lowest BCUT2D eigenvalue weighted by Gasteiger charge is -2.20. The fourth-order valence-electron chi connectivity index (χ4n) is 5.64. The predicted molar refractivity (Wildman–Crippen MR) is 147 cm³/mol. The molecule has 0 unspecified atom stereocenters. The SMILES string of the molecule is CC(=O)c1cc(-c2cccnc2[C@@H](CC(=O)Cn2nc(C(F)F)c3c2C(=O)CCC3)Cc2cc(F)cc(F)c2)ccc1F. The number of nitrogens with zero attached hydrogens (tertiary/aromatic N) is 3. The maximum absolute atomic E-state index is 14.3. The summed E-state index contributed by atoms with van der Waals surface area (Å²) in [6, 6.07) is 10.2. The summed E-state index contributed by atoms with van der Waals surface area (Å²) in [5.74, 6) is -4.46. The standard InChI is InChI=1S/C32H26F5N3O3/c1-17(41)26-14-19(7-8-27(26)35)24-5-3-9-38-29(24)20(10-18-11-21(33)15-22(34)12-18)13-23(42)16-40-31-25(4-2-6-28(31)43)30(39-40)32(36)37/h3,5,7-9,11-12,14-15,20,32H,2,4,6,10,13,16H2,1H3/t20-/m1/s1. The third-order valence-electron chi connectivity index (χ3n) is 7.47. The summed E-state index contributed by atoms with van der Waals surface area (Å²) in [6.45, 7) is 0.756. The Morgan fingerprint density at radius 2 is 1.72 bits per heavy atom. The molecule has 4 aromatic rings. The number of fused-ring (bicyclic) bond motifs is 1. The van der Waals surface area contributed by atoms with E-state index in [1.54, 1.807) is 12.1 Å². The van der Waals surface area contributed by atoms with Crippen molar-refractivity contribution in [2.75, 3.05) is 0 Å². The van der Waals surface area contributed by atoms with Gasteiger partial charge in [-0.25, -0.2) is 22.0 Å². The van der Waals surface area contributed by atoms with E-state index < -0.39 is 53.6 Å². The number of carbonyl (C=O) groups is 3. The first-order valence-corrected chi connectivity index (χ1v) is 13.6. The Bertz CT molecular complexity index is 1710. The van der Waals surface area contributed by atoms with Gasteiger partial charge in [0, 0.05) is 42.1 Å². The molecule has 0 N–H and O–H groups in total. The summed E-state index contributed by atoms with van der Waals surface area (Å²) in [5, 5.41) is 3.91. The predicted octanol–water partition coefficient (Wildman–Crippen LogP) is 7.01. The Kier molecular flexibility index (Phi) is 8.61. The van der Waals surface area contributed by atoms with Crippen LogP contribution in [0.4, 0.5) is 22.0 Å². The molecule has 0 spiro atoms. The van der Waals surface area contributed by atoms with E-state index in [2.05, 4.69) is 10.1 Å². The van der Waals surface area contributed by atoms with Gasteiger partial charge in [-0.1, -0.05) is 12.1 Å². The van der Waals surface area contributed by atoms with Crippen molar-refractivity contribution in [3.63, 3.8) is 0 Å². The molecule has 0 saturated carbocycles. The van der Waals surface area contributed by atoms with Gasteiger partial charge >= 0.3 is 0 Å². The van der Waals surface area contributed by atoms with Crippen molar-refractivity contribution < 1.29 is 36.3 Å². The van der Waals surface area contributed by atoms with Gasteiger partial charge < -0.3 is 0 Å². The lowest BCUT2D eigenvalue weighted by molar-refractivity contribution is -0.120. The second kappa shape index (κ2) is 12.4. The Balaban J connectivity index is 1.53. The number of Topliss-reactive ketones (excluding diaryl/α,β-unsaturated/α-hetero) is 3. The molecule has 43 heavy (non-hydrogen) atoms. The van der Waals surface area contributed by atoms with Gasteiger partial charge in [-0.2, -0.15) is 5.10 Å². The molecule has 1 atom stereocenters. The number of pyridine rings is 1. The van der Waals surface area contributed by atoms with Crippen LogP contribution in [0, 0.1) is 17.5 Å². The zero-order chi connectivity index (χ0) is 30.8. The Hall–Kier alpha value is -4.54. The number of hydrogen-bond acceptors (Lipinski definition) is 5. The number of halogens is 5. The van der Waals surface area contributed by atoms with Crippen molar-refractivity contribution in [2.45, 2.75) is 57.9 Å². The summed E-state index contributed by atoms with van der Waals surface area (Å²) in [7, 11) is 0. The number of benzene rings is 2. The van der Waals surface area contributed by atoms with Crippen LogP contribution in [0.25, 0.3) is 11.1 Å². The maximum atomic E-state index is 14.3. The summed E-state index contributed by atoms with van der Waals surface area (Å²) in [5.41, 5.74) is 0.964. The lowest BCUT2D eigenvalue weighted by atomic mass is 9.86. The van der Waals surface area contributed by atoms with Crippen LogP contribution in [-0.4, -0.2) is 32.1 Å². The molecule has 6 nitrogen and oxygen atoms in total. The summed E-state index contributed by atoms with van der Waals surface area (Å²) in [6.07, 6.45) is -0.928.